The van der Waals surface area contributed by atoms with Crippen LogP contribution in [0.5, 0.6) is 0 Å². The van der Waals surface area contributed by atoms with E-state index in [-0.39, 0.29) is 17.1 Å². The Bertz CT molecular complexity index is 597. The van der Waals surface area contributed by atoms with E-state index in [1.165, 1.54) is 6.07 Å². The molecule has 0 radical (unpaired) electrons. The highest BCUT2D eigenvalue weighted by atomic mass is 127. The molecule has 1 aromatic carbocycles. The molecule has 0 spiro atoms. The normalized spacial score (nSPS) is 11.8. The highest BCUT2D eigenvalue weighted by Crippen LogP contribution is 2.38. The molecule has 2 rings (SSSR count). The quantitative estimate of drug-likeness (QED) is 0.683. The number of nitrogens with zero attached hydrogens (tertiary/aromatic N) is 1. The van der Waals surface area contributed by atoms with Crippen LogP contribution in [0.1, 0.15) is 5.56 Å². The Labute approximate surface area is 122 Å². The lowest BCUT2D eigenvalue weighted by Crippen LogP contribution is -2.04. The minimum atomic E-state index is -4.41. The smallest absolute Gasteiger partial charge is 0.380 e. The van der Waals surface area contributed by atoms with Crippen LogP contribution in [-0.4, -0.2) is 5.16 Å². The minimum absolute atomic E-state index is 0.148. The van der Waals surface area contributed by atoms with Crippen molar-refractivity contribution < 1.29 is 17.7 Å². The lowest BCUT2D eigenvalue weighted by Gasteiger charge is -2.09. The zero-order valence-electron chi connectivity index (χ0n) is 8.55. The SMILES string of the molecule is Nc1noc(-c2cc(C(F)(F)F)ccc2Br)c1I. The van der Waals surface area contributed by atoms with Gasteiger partial charge in [0.2, 0.25) is 0 Å². The first-order valence-electron chi connectivity index (χ1n) is 4.58. The average molecular weight is 433 g/mol. The summed E-state index contributed by atoms with van der Waals surface area (Å²) in [6.45, 7) is 0. The van der Waals surface area contributed by atoms with Crippen molar-refractivity contribution in [3.05, 3.63) is 31.8 Å². The molecule has 0 aliphatic rings. The largest absolute Gasteiger partial charge is 0.416 e. The number of benzene rings is 1. The third-order valence-corrected chi connectivity index (χ3v) is 3.93. The maximum Gasteiger partial charge on any atom is 0.416 e. The van der Waals surface area contributed by atoms with E-state index >= 15 is 0 Å². The fraction of sp³-hybridized carbons (Fsp3) is 0.100. The Balaban J connectivity index is 2.61. The molecule has 1 heterocycles. The minimum Gasteiger partial charge on any atom is -0.380 e. The number of hydrogen-bond acceptors (Lipinski definition) is 3. The van der Waals surface area contributed by atoms with E-state index in [1.54, 1.807) is 0 Å². The molecule has 96 valence electrons. The van der Waals surface area contributed by atoms with E-state index in [2.05, 4.69) is 21.1 Å². The third kappa shape index (κ3) is 2.48. The zero-order chi connectivity index (χ0) is 13.5. The molecular weight excluding hydrogens is 428 g/mol. The van der Waals surface area contributed by atoms with Crippen molar-refractivity contribution in [3.63, 3.8) is 0 Å². The molecular formula is C10H5BrF3IN2O. The van der Waals surface area contributed by atoms with Gasteiger partial charge in [-0.2, -0.15) is 13.2 Å². The van der Waals surface area contributed by atoms with Gasteiger partial charge in [0.25, 0.3) is 0 Å². The van der Waals surface area contributed by atoms with Gasteiger partial charge in [-0.15, -0.1) is 0 Å². The first-order valence-corrected chi connectivity index (χ1v) is 6.45. The molecule has 0 aliphatic heterocycles. The van der Waals surface area contributed by atoms with Crippen LogP contribution >= 0.6 is 38.5 Å². The van der Waals surface area contributed by atoms with Crippen LogP contribution < -0.4 is 5.73 Å². The van der Waals surface area contributed by atoms with Gasteiger partial charge in [0.15, 0.2) is 11.6 Å². The van der Waals surface area contributed by atoms with Crippen molar-refractivity contribution in [2.45, 2.75) is 6.18 Å². The summed E-state index contributed by atoms with van der Waals surface area (Å²) in [6, 6.07) is 3.29. The second-order valence-corrected chi connectivity index (χ2v) is 5.34. The maximum atomic E-state index is 12.6. The zero-order valence-corrected chi connectivity index (χ0v) is 12.3. The monoisotopic (exact) mass is 432 g/mol. The lowest BCUT2D eigenvalue weighted by molar-refractivity contribution is -0.137. The molecule has 0 fully saturated rings. The molecule has 2 N–H and O–H groups in total. The lowest BCUT2D eigenvalue weighted by atomic mass is 10.1. The van der Waals surface area contributed by atoms with Crippen molar-refractivity contribution >= 4 is 44.3 Å². The summed E-state index contributed by atoms with van der Waals surface area (Å²) < 4.78 is 43.8. The fourth-order valence-corrected chi connectivity index (χ4v) is 2.25. The van der Waals surface area contributed by atoms with Gasteiger partial charge >= 0.3 is 6.18 Å². The summed E-state index contributed by atoms with van der Waals surface area (Å²) in [4.78, 5) is 0. The van der Waals surface area contributed by atoms with Crippen molar-refractivity contribution in [1.82, 2.24) is 5.16 Å². The molecule has 0 atom stereocenters. The molecule has 8 heteroatoms. The van der Waals surface area contributed by atoms with Crippen LogP contribution in [0.2, 0.25) is 0 Å². The van der Waals surface area contributed by atoms with Crippen LogP contribution in [0, 0.1) is 3.57 Å². The molecule has 0 saturated heterocycles. The van der Waals surface area contributed by atoms with Gasteiger partial charge in [-0.05, 0) is 40.8 Å². The van der Waals surface area contributed by atoms with Crippen LogP contribution in [0.4, 0.5) is 19.0 Å². The molecule has 0 bridgehead atoms. The number of hydrogen-bond donors (Lipinski definition) is 1. The second-order valence-electron chi connectivity index (χ2n) is 3.40. The number of anilines is 1. The Morgan fingerprint density at radius 3 is 2.50 bits per heavy atom. The van der Waals surface area contributed by atoms with Gasteiger partial charge in [-0.1, -0.05) is 21.1 Å². The van der Waals surface area contributed by atoms with Crippen LogP contribution in [0.15, 0.2) is 27.2 Å². The van der Waals surface area contributed by atoms with E-state index in [0.29, 0.717) is 8.04 Å². The van der Waals surface area contributed by atoms with Crippen LogP contribution in [0.3, 0.4) is 0 Å². The Morgan fingerprint density at radius 2 is 2.00 bits per heavy atom. The van der Waals surface area contributed by atoms with E-state index in [9.17, 15) is 13.2 Å². The average Bonchev–Trinajstić information content (AvgIpc) is 2.59. The summed E-state index contributed by atoms with van der Waals surface area (Å²) in [7, 11) is 0. The van der Waals surface area contributed by atoms with Gasteiger partial charge in [-0.3, -0.25) is 0 Å². The van der Waals surface area contributed by atoms with Gasteiger partial charge in [-0.25, -0.2) is 0 Å². The molecule has 18 heavy (non-hydrogen) atoms. The molecule has 3 nitrogen and oxygen atoms in total. The number of aromatic nitrogens is 1. The van der Waals surface area contributed by atoms with E-state index < -0.39 is 11.7 Å². The van der Waals surface area contributed by atoms with Crippen molar-refractivity contribution in [1.29, 1.82) is 0 Å². The number of nitrogen functional groups attached to an aromatic ring is 1. The van der Waals surface area contributed by atoms with E-state index in [1.807, 2.05) is 22.6 Å². The highest BCUT2D eigenvalue weighted by molar-refractivity contribution is 14.1. The summed E-state index contributed by atoms with van der Waals surface area (Å²) in [5.74, 6) is 0.362. The molecule has 0 saturated carbocycles. The predicted octanol–water partition coefficient (Wildman–Crippen LogP) is 4.31. The maximum absolute atomic E-state index is 12.6. The third-order valence-electron chi connectivity index (χ3n) is 2.20. The van der Waals surface area contributed by atoms with Gasteiger partial charge in [0.05, 0.1) is 5.56 Å². The number of nitrogens with two attached hydrogens (primary N) is 1. The van der Waals surface area contributed by atoms with Crippen molar-refractivity contribution in [2.24, 2.45) is 0 Å². The van der Waals surface area contributed by atoms with Crippen molar-refractivity contribution in [3.8, 4) is 11.3 Å². The standard InChI is InChI=1S/C10H5BrF3IN2O/c11-6-2-1-4(10(12,13)14)3-5(6)8-7(15)9(16)17-18-8/h1-3H,(H2,16,17). The van der Waals surface area contributed by atoms with Gasteiger partial charge < -0.3 is 10.3 Å². The summed E-state index contributed by atoms with van der Waals surface area (Å²) >= 11 is 5.05. The van der Waals surface area contributed by atoms with Crippen molar-refractivity contribution in [2.75, 3.05) is 5.73 Å². The van der Waals surface area contributed by atoms with Gasteiger partial charge in [0.1, 0.15) is 3.57 Å². The molecule has 2 aromatic rings. The van der Waals surface area contributed by atoms with Crippen LogP contribution in [0.25, 0.3) is 11.3 Å². The first kappa shape index (κ1) is 13.7. The number of alkyl halides is 3. The summed E-state index contributed by atoms with van der Waals surface area (Å²) in [5.41, 5.74) is 5.01. The molecule has 0 unspecified atom stereocenters. The Kier molecular flexibility index (Phi) is 3.58. The first-order chi connectivity index (χ1) is 8.30. The summed E-state index contributed by atoms with van der Waals surface area (Å²) in [5, 5.41) is 3.52. The van der Waals surface area contributed by atoms with Crippen LogP contribution in [-0.2, 0) is 6.18 Å². The topological polar surface area (TPSA) is 52.0 Å². The number of rotatable bonds is 1. The molecule has 1 aromatic heterocycles. The molecule has 0 amide bonds. The second kappa shape index (κ2) is 4.72. The summed E-state index contributed by atoms with van der Waals surface area (Å²) in [6.07, 6.45) is -4.41. The van der Waals surface area contributed by atoms with E-state index in [0.717, 1.165) is 12.1 Å². The fourth-order valence-electron chi connectivity index (χ4n) is 1.33. The molecule has 0 aliphatic carbocycles. The van der Waals surface area contributed by atoms with E-state index in [4.69, 9.17) is 10.3 Å². The van der Waals surface area contributed by atoms with Gasteiger partial charge in [0, 0.05) is 10.0 Å². The predicted molar refractivity (Wildman–Crippen MR) is 71.8 cm³/mol. The number of halogens is 5. The highest BCUT2D eigenvalue weighted by Gasteiger charge is 2.31. The Morgan fingerprint density at radius 1 is 1.33 bits per heavy atom. The Hall–Kier alpha value is -0.770.